The molecule has 21 heavy (non-hydrogen) atoms. The molecule has 1 aromatic heterocycles. The Morgan fingerprint density at radius 1 is 1.38 bits per heavy atom. The third-order valence-corrected chi connectivity index (χ3v) is 4.40. The van der Waals surface area contributed by atoms with Gasteiger partial charge in [0, 0.05) is 17.8 Å². The zero-order valence-electron chi connectivity index (χ0n) is 14.4. The molecule has 0 aliphatic rings. The molecule has 0 saturated heterocycles. The first kappa shape index (κ1) is 18.1. The standard InChI is InChI=1S/C16H29N3OS/c1-8-9-10-19-12(3)11(2)17-15(19)21-13(4)14(20)18-16(5,6)7/h13H,8-10H2,1-7H3,(H,18,20). The van der Waals surface area contributed by atoms with E-state index in [1.807, 2.05) is 34.6 Å². The average Bonchev–Trinajstić information content (AvgIpc) is 2.60. The van der Waals surface area contributed by atoms with Gasteiger partial charge in [-0.25, -0.2) is 4.98 Å². The van der Waals surface area contributed by atoms with E-state index in [-0.39, 0.29) is 16.7 Å². The molecule has 1 unspecified atom stereocenters. The van der Waals surface area contributed by atoms with Crippen molar-refractivity contribution in [1.82, 2.24) is 14.9 Å². The highest BCUT2D eigenvalue weighted by molar-refractivity contribution is 8.00. The molecule has 1 amide bonds. The monoisotopic (exact) mass is 311 g/mol. The van der Waals surface area contributed by atoms with Crippen LogP contribution in [-0.2, 0) is 11.3 Å². The van der Waals surface area contributed by atoms with Crippen LogP contribution in [0.2, 0.25) is 0 Å². The van der Waals surface area contributed by atoms with E-state index in [0.717, 1.165) is 30.2 Å². The Bertz CT molecular complexity index is 488. The van der Waals surface area contributed by atoms with Crippen molar-refractivity contribution in [3.63, 3.8) is 0 Å². The number of hydrogen-bond donors (Lipinski definition) is 1. The quantitative estimate of drug-likeness (QED) is 0.815. The van der Waals surface area contributed by atoms with Gasteiger partial charge in [-0.05, 0) is 48.0 Å². The van der Waals surface area contributed by atoms with Crippen LogP contribution in [0.4, 0.5) is 0 Å². The highest BCUT2D eigenvalue weighted by Crippen LogP contribution is 2.26. The molecule has 1 N–H and O–H groups in total. The van der Waals surface area contributed by atoms with Gasteiger partial charge in [-0.1, -0.05) is 25.1 Å². The van der Waals surface area contributed by atoms with Gasteiger partial charge in [-0.2, -0.15) is 0 Å². The summed E-state index contributed by atoms with van der Waals surface area (Å²) in [4.78, 5) is 16.8. The summed E-state index contributed by atoms with van der Waals surface area (Å²) in [5, 5.41) is 3.83. The summed E-state index contributed by atoms with van der Waals surface area (Å²) in [6, 6.07) is 0. The van der Waals surface area contributed by atoms with Gasteiger partial charge in [0.15, 0.2) is 5.16 Å². The van der Waals surface area contributed by atoms with E-state index in [1.165, 1.54) is 5.69 Å². The molecule has 120 valence electrons. The molecule has 0 aliphatic carbocycles. The summed E-state index contributed by atoms with van der Waals surface area (Å²) in [5.41, 5.74) is 2.06. The van der Waals surface area contributed by atoms with Gasteiger partial charge in [0.2, 0.25) is 5.91 Å². The topological polar surface area (TPSA) is 46.9 Å². The number of hydrogen-bond acceptors (Lipinski definition) is 3. The second-order valence-electron chi connectivity index (χ2n) is 6.57. The Balaban J connectivity index is 2.82. The third-order valence-electron chi connectivity index (χ3n) is 3.31. The SMILES string of the molecule is CCCCn1c(SC(C)C(=O)NC(C)(C)C)nc(C)c1C. The van der Waals surface area contributed by atoms with Gasteiger partial charge in [0.25, 0.3) is 0 Å². The zero-order valence-corrected chi connectivity index (χ0v) is 15.2. The lowest BCUT2D eigenvalue weighted by Gasteiger charge is -2.23. The van der Waals surface area contributed by atoms with E-state index in [9.17, 15) is 4.79 Å². The number of amides is 1. The predicted octanol–water partition coefficient (Wildman–Crippen LogP) is 3.70. The van der Waals surface area contributed by atoms with Crippen LogP contribution < -0.4 is 5.32 Å². The van der Waals surface area contributed by atoms with Crippen LogP contribution in [0.3, 0.4) is 0 Å². The van der Waals surface area contributed by atoms with Crippen molar-refractivity contribution < 1.29 is 4.79 Å². The molecular formula is C16H29N3OS. The molecule has 1 aromatic rings. The number of nitrogens with zero attached hydrogens (tertiary/aromatic N) is 2. The van der Waals surface area contributed by atoms with Gasteiger partial charge in [-0.15, -0.1) is 0 Å². The molecule has 1 rings (SSSR count). The summed E-state index contributed by atoms with van der Waals surface area (Å²) in [6.45, 7) is 15.2. The fourth-order valence-corrected chi connectivity index (χ4v) is 3.00. The van der Waals surface area contributed by atoms with Gasteiger partial charge >= 0.3 is 0 Å². The lowest BCUT2D eigenvalue weighted by atomic mass is 10.1. The van der Waals surface area contributed by atoms with Crippen LogP contribution in [0, 0.1) is 13.8 Å². The number of aromatic nitrogens is 2. The van der Waals surface area contributed by atoms with Gasteiger partial charge in [0.1, 0.15) is 0 Å². The number of aryl methyl sites for hydroxylation is 1. The Morgan fingerprint density at radius 2 is 2.00 bits per heavy atom. The zero-order chi connectivity index (χ0) is 16.2. The first-order valence-corrected chi connectivity index (χ1v) is 8.56. The van der Waals surface area contributed by atoms with Crippen molar-refractivity contribution in [2.75, 3.05) is 0 Å². The van der Waals surface area contributed by atoms with Crippen LogP contribution in [0.1, 0.15) is 58.8 Å². The highest BCUT2D eigenvalue weighted by Gasteiger charge is 2.22. The van der Waals surface area contributed by atoms with E-state index in [4.69, 9.17) is 0 Å². The maximum Gasteiger partial charge on any atom is 0.233 e. The van der Waals surface area contributed by atoms with Gasteiger partial charge in [0.05, 0.1) is 10.9 Å². The maximum absolute atomic E-state index is 12.2. The third kappa shape index (κ3) is 5.38. The number of thioether (sulfide) groups is 1. The summed E-state index contributed by atoms with van der Waals surface area (Å²) in [5.74, 6) is 0.0628. The first-order chi connectivity index (χ1) is 9.65. The van der Waals surface area contributed by atoms with Crippen LogP contribution in [-0.4, -0.2) is 26.2 Å². The van der Waals surface area contributed by atoms with Crippen LogP contribution >= 0.6 is 11.8 Å². The van der Waals surface area contributed by atoms with Crippen LogP contribution in [0.15, 0.2) is 5.16 Å². The fourth-order valence-electron chi connectivity index (χ4n) is 1.98. The van der Waals surface area contributed by atoms with Crippen molar-refractivity contribution in [2.45, 2.75) is 83.8 Å². The van der Waals surface area contributed by atoms with Crippen molar-refractivity contribution in [3.8, 4) is 0 Å². The first-order valence-electron chi connectivity index (χ1n) is 7.68. The number of rotatable bonds is 6. The van der Waals surface area contributed by atoms with Crippen molar-refractivity contribution in [3.05, 3.63) is 11.4 Å². The number of carbonyl (C=O) groups is 1. The minimum Gasteiger partial charge on any atom is -0.351 e. The number of imidazole rings is 1. The Labute approximate surface area is 133 Å². The lowest BCUT2D eigenvalue weighted by Crippen LogP contribution is -2.44. The van der Waals surface area contributed by atoms with Crippen molar-refractivity contribution in [1.29, 1.82) is 0 Å². The molecule has 1 heterocycles. The average molecular weight is 311 g/mol. The van der Waals surface area contributed by atoms with E-state index < -0.39 is 0 Å². The number of carbonyl (C=O) groups excluding carboxylic acids is 1. The van der Waals surface area contributed by atoms with Crippen molar-refractivity contribution in [2.24, 2.45) is 0 Å². The maximum atomic E-state index is 12.2. The molecule has 0 fully saturated rings. The molecule has 4 nitrogen and oxygen atoms in total. The van der Waals surface area contributed by atoms with E-state index in [0.29, 0.717) is 0 Å². The Hall–Kier alpha value is -0.970. The summed E-state index contributed by atoms with van der Waals surface area (Å²) in [7, 11) is 0. The summed E-state index contributed by atoms with van der Waals surface area (Å²) in [6.07, 6.45) is 2.29. The largest absolute Gasteiger partial charge is 0.351 e. The normalized spacial score (nSPS) is 13.3. The van der Waals surface area contributed by atoms with Gasteiger partial charge in [-0.3, -0.25) is 4.79 Å². The Kier molecular flexibility index (Phi) is 6.32. The molecule has 0 saturated carbocycles. The molecule has 0 aromatic carbocycles. The molecule has 5 heteroatoms. The molecule has 0 spiro atoms. The lowest BCUT2D eigenvalue weighted by molar-refractivity contribution is -0.121. The molecule has 0 aliphatic heterocycles. The molecule has 0 bridgehead atoms. The van der Waals surface area contributed by atoms with Crippen LogP contribution in [0.5, 0.6) is 0 Å². The Morgan fingerprint density at radius 3 is 2.52 bits per heavy atom. The molecule has 1 atom stereocenters. The number of unbranched alkanes of at least 4 members (excludes halogenated alkanes) is 1. The smallest absolute Gasteiger partial charge is 0.233 e. The minimum absolute atomic E-state index is 0.0628. The summed E-state index contributed by atoms with van der Waals surface area (Å²) < 4.78 is 2.24. The minimum atomic E-state index is -0.199. The van der Waals surface area contributed by atoms with Crippen LogP contribution in [0.25, 0.3) is 0 Å². The molecular weight excluding hydrogens is 282 g/mol. The van der Waals surface area contributed by atoms with Crippen molar-refractivity contribution >= 4 is 17.7 Å². The predicted molar refractivity (Wildman–Crippen MR) is 89.8 cm³/mol. The van der Waals surface area contributed by atoms with E-state index in [2.05, 4.69) is 28.7 Å². The van der Waals surface area contributed by atoms with E-state index in [1.54, 1.807) is 11.8 Å². The fraction of sp³-hybridized carbons (Fsp3) is 0.750. The number of nitrogens with one attached hydrogen (secondary N) is 1. The molecule has 0 radical (unpaired) electrons. The second-order valence-corrected chi connectivity index (χ2v) is 7.88. The summed E-state index contributed by atoms with van der Waals surface area (Å²) >= 11 is 1.54. The van der Waals surface area contributed by atoms with Gasteiger partial charge < -0.3 is 9.88 Å². The highest BCUT2D eigenvalue weighted by atomic mass is 32.2. The van der Waals surface area contributed by atoms with E-state index >= 15 is 0 Å². The second kappa shape index (κ2) is 7.34.